The molecule has 158 valence electrons. The Morgan fingerprint density at radius 2 is 1.63 bits per heavy atom. The molecule has 2 aromatic carbocycles. The number of rotatable bonds is 9. The van der Waals surface area contributed by atoms with E-state index in [4.69, 9.17) is 4.42 Å². The first-order valence-electron chi connectivity index (χ1n) is 9.91. The maximum absolute atomic E-state index is 13.3. The van der Waals surface area contributed by atoms with Gasteiger partial charge in [0.15, 0.2) is 0 Å². The first-order valence-corrected chi connectivity index (χ1v) is 11.4. The smallest absolute Gasteiger partial charge is 0.254 e. The van der Waals surface area contributed by atoms with Gasteiger partial charge >= 0.3 is 0 Å². The minimum atomic E-state index is -3.65. The van der Waals surface area contributed by atoms with Crippen LogP contribution in [0.2, 0.25) is 0 Å². The van der Waals surface area contributed by atoms with E-state index in [0.717, 1.165) is 5.56 Å². The molecular weight excluding hydrogens is 400 g/mol. The third kappa shape index (κ3) is 4.98. The highest BCUT2D eigenvalue weighted by molar-refractivity contribution is 7.89. The molecule has 0 unspecified atom stereocenters. The zero-order valence-electron chi connectivity index (χ0n) is 17.2. The first kappa shape index (κ1) is 21.8. The van der Waals surface area contributed by atoms with Crippen LogP contribution in [-0.4, -0.2) is 36.6 Å². The number of nitrogens with zero attached hydrogens (tertiary/aromatic N) is 2. The molecule has 0 radical (unpaired) electrons. The van der Waals surface area contributed by atoms with Crippen molar-refractivity contribution in [1.29, 1.82) is 0 Å². The number of furan rings is 1. The van der Waals surface area contributed by atoms with Gasteiger partial charge in [0, 0.05) is 25.2 Å². The SMILES string of the molecule is CCN(CC)S(=O)(=O)c1cccc(C(=O)N(Cc2ccccc2)Cc2ccco2)c1. The van der Waals surface area contributed by atoms with Crippen molar-refractivity contribution in [3.8, 4) is 0 Å². The van der Waals surface area contributed by atoms with Crippen molar-refractivity contribution >= 4 is 15.9 Å². The van der Waals surface area contributed by atoms with Gasteiger partial charge in [0.2, 0.25) is 10.0 Å². The summed E-state index contributed by atoms with van der Waals surface area (Å²) in [6.45, 7) is 4.99. The average Bonchev–Trinajstić information content (AvgIpc) is 3.27. The van der Waals surface area contributed by atoms with E-state index in [1.807, 2.05) is 36.4 Å². The maximum Gasteiger partial charge on any atom is 0.254 e. The van der Waals surface area contributed by atoms with E-state index in [2.05, 4.69) is 0 Å². The molecule has 0 atom stereocenters. The van der Waals surface area contributed by atoms with Crippen LogP contribution in [-0.2, 0) is 23.1 Å². The van der Waals surface area contributed by atoms with Crippen LogP contribution in [0, 0.1) is 0 Å². The quantitative estimate of drug-likeness (QED) is 0.515. The molecule has 0 aliphatic carbocycles. The molecule has 1 aromatic heterocycles. The molecule has 0 N–H and O–H groups in total. The molecule has 0 saturated heterocycles. The highest BCUT2D eigenvalue weighted by Gasteiger charge is 2.24. The molecule has 30 heavy (non-hydrogen) atoms. The number of hydrogen-bond acceptors (Lipinski definition) is 4. The van der Waals surface area contributed by atoms with Crippen molar-refractivity contribution in [3.05, 3.63) is 89.9 Å². The summed E-state index contributed by atoms with van der Waals surface area (Å²) in [5.74, 6) is 0.401. The summed E-state index contributed by atoms with van der Waals surface area (Å²) < 4.78 is 32.6. The topological polar surface area (TPSA) is 70.8 Å². The summed E-state index contributed by atoms with van der Waals surface area (Å²) in [5, 5.41) is 0. The minimum Gasteiger partial charge on any atom is -0.467 e. The predicted molar refractivity (Wildman–Crippen MR) is 115 cm³/mol. The number of sulfonamides is 1. The normalized spacial score (nSPS) is 11.6. The molecular formula is C23H26N2O4S. The van der Waals surface area contributed by atoms with Gasteiger partial charge in [0.25, 0.3) is 5.91 Å². The lowest BCUT2D eigenvalue weighted by Gasteiger charge is -2.23. The van der Waals surface area contributed by atoms with Gasteiger partial charge in [-0.3, -0.25) is 4.79 Å². The lowest BCUT2D eigenvalue weighted by atomic mass is 10.1. The molecule has 0 fully saturated rings. The Kier molecular flexibility index (Phi) is 7.07. The predicted octanol–water partition coefficient (Wildman–Crippen LogP) is 4.15. The fourth-order valence-electron chi connectivity index (χ4n) is 3.28. The van der Waals surface area contributed by atoms with E-state index >= 15 is 0 Å². The molecule has 0 aliphatic heterocycles. The second-order valence-electron chi connectivity index (χ2n) is 6.84. The molecule has 3 aromatic rings. The first-order chi connectivity index (χ1) is 14.5. The van der Waals surface area contributed by atoms with Gasteiger partial charge < -0.3 is 9.32 Å². The summed E-state index contributed by atoms with van der Waals surface area (Å²) >= 11 is 0. The van der Waals surface area contributed by atoms with Crippen molar-refractivity contribution in [2.45, 2.75) is 31.8 Å². The van der Waals surface area contributed by atoms with Crippen LogP contribution in [0.25, 0.3) is 0 Å². The van der Waals surface area contributed by atoms with Crippen LogP contribution >= 0.6 is 0 Å². The van der Waals surface area contributed by atoms with Gasteiger partial charge in [-0.1, -0.05) is 50.2 Å². The lowest BCUT2D eigenvalue weighted by Crippen LogP contribution is -2.32. The van der Waals surface area contributed by atoms with Crippen LogP contribution in [0.15, 0.2) is 82.3 Å². The minimum absolute atomic E-state index is 0.120. The summed E-state index contributed by atoms with van der Waals surface area (Å²) in [6, 6.07) is 19.5. The number of benzene rings is 2. The van der Waals surface area contributed by atoms with Gasteiger partial charge in [-0.15, -0.1) is 0 Å². The largest absolute Gasteiger partial charge is 0.467 e. The van der Waals surface area contributed by atoms with Crippen molar-refractivity contribution < 1.29 is 17.6 Å². The monoisotopic (exact) mass is 426 g/mol. The highest BCUT2D eigenvalue weighted by Crippen LogP contribution is 2.20. The third-order valence-electron chi connectivity index (χ3n) is 4.85. The van der Waals surface area contributed by atoms with E-state index in [1.54, 1.807) is 43.2 Å². The Hall–Kier alpha value is -2.90. The number of carbonyl (C=O) groups is 1. The van der Waals surface area contributed by atoms with Crippen molar-refractivity contribution in [3.63, 3.8) is 0 Å². The standard InChI is InChI=1S/C23H26N2O4S/c1-3-25(4-2)30(27,28)22-14-8-12-20(16-22)23(26)24(18-21-13-9-15-29-21)17-19-10-6-5-7-11-19/h5-16H,3-4,17-18H2,1-2H3. The highest BCUT2D eigenvalue weighted by atomic mass is 32.2. The molecule has 0 aliphatic rings. The van der Waals surface area contributed by atoms with E-state index in [1.165, 1.54) is 16.4 Å². The Bertz CT molecular complexity index is 1060. The van der Waals surface area contributed by atoms with Gasteiger partial charge in [0.1, 0.15) is 5.76 Å². The summed E-state index contributed by atoms with van der Waals surface area (Å²) in [4.78, 5) is 15.1. The molecule has 6 nitrogen and oxygen atoms in total. The molecule has 0 bridgehead atoms. The number of hydrogen-bond donors (Lipinski definition) is 0. The molecule has 1 amide bonds. The maximum atomic E-state index is 13.3. The molecule has 0 saturated carbocycles. The molecule has 3 rings (SSSR count). The Labute approximate surface area is 177 Å². The van der Waals surface area contributed by atoms with Gasteiger partial charge in [-0.05, 0) is 35.9 Å². The zero-order valence-corrected chi connectivity index (χ0v) is 18.0. The summed E-state index contributed by atoms with van der Waals surface area (Å²) in [6.07, 6.45) is 1.57. The fraction of sp³-hybridized carbons (Fsp3) is 0.261. The third-order valence-corrected chi connectivity index (χ3v) is 6.90. The number of carbonyl (C=O) groups excluding carboxylic acids is 1. The fourth-order valence-corrected chi connectivity index (χ4v) is 4.78. The van der Waals surface area contributed by atoms with Crippen LogP contribution in [0.5, 0.6) is 0 Å². The summed E-state index contributed by atoms with van der Waals surface area (Å²) in [7, 11) is -3.65. The van der Waals surface area contributed by atoms with Gasteiger partial charge in [-0.25, -0.2) is 8.42 Å². The zero-order chi connectivity index (χ0) is 21.6. The van der Waals surface area contributed by atoms with E-state index in [-0.39, 0.29) is 17.3 Å². The molecule has 7 heteroatoms. The van der Waals surface area contributed by atoms with E-state index < -0.39 is 10.0 Å². The van der Waals surface area contributed by atoms with Crippen molar-refractivity contribution in [2.75, 3.05) is 13.1 Å². The van der Waals surface area contributed by atoms with Crippen LogP contribution < -0.4 is 0 Å². The number of amides is 1. The van der Waals surface area contributed by atoms with Crippen molar-refractivity contribution in [2.24, 2.45) is 0 Å². The Morgan fingerprint density at radius 3 is 2.27 bits per heavy atom. The second-order valence-corrected chi connectivity index (χ2v) is 8.78. The average molecular weight is 427 g/mol. The van der Waals surface area contributed by atoms with E-state index in [0.29, 0.717) is 31.0 Å². The van der Waals surface area contributed by atoms with Crippen LogP contribution in [0.3, 0.4) is 0 Å². The van der Waals surface area contributed by atoms with Crippen LogP contribution in [0.4, 0.5) is 0 Å². The van der Waals surface area contributed by atoms with Gasteiger partial charge in [0.05, 0.1) is 17.7 Å². The lowest BCUT2D eigenvalue weighted by molar-refractivity contribution is 0.0717. The Morgan fingerprint density at radius 1 is 0.900 bits per heavy atom. The van der Waals surface area contributed by atoms with E-state index in [9.17, 15) is 13.2 Å². The second kappa shape index (κ2) is 9.73. The summed E-state index contributed by atoms with van der Waals surface area (Å²) in [5.41, 5.74) is 1.30. The van der Waals surface area contributed by atoms with Gasteiger partial charge in [-0.2, -0.15) is 4.31 Å². The Balaban J connectivity index is 1.92. The van der Waals surface area contributed by atoms with Crippen molar-refractivity contribution in [1.82, 2.24) is 9.21 Å². The molecule has 1 heterocycles. The molecule has 0 spiro atoms. The van der Waals surface area contributed by atoms with Crippen LogP contribution in [0.1, 0.15) is 35.5 Å².